The van der Waals surface area contributed by atoms with E-state index in [0.29, 0.717) is 28.1 Å². The van der Waals surface area contributed by atoms with Gasteiger partial charge in [-0.25, -0.2) is 10.4 Å². The molecule has 0 radical (unpaired) electrons. The number of amides is 2. The monoisotopic (exact) mass is 458 g/mol. The summed E-state index contributed by atoms with van der Waals surface area (Å²) >= 11 is 0. The van der Waals surface area contributed by atoms with Crippen molar-refractivity contribution in [2.45, 2.75) is 37.8 Å². The topological polar surface area (TPSA) is 73.9 Å². The number of hydrazine groups is 1. The first kappa shape index (κ1) is 21.3. The van der Waals surface area contributed by atoms with E-state index in [9.17, 15) is 22.8 Å². The van der Waals surface area contributed by atoms with Crippen LogP contribution in [0, 0.1) is 0 Å². The lowest BCUT2D eigenvalue weighted by Gasteiger charge is -2.37. The third kappa shape index (κ3) is 3.24. The van der Waals surface area contributed by atoms with Gasteiger partial charge in [0.15, 0.2) is 0 Å². The average Bonchev–Trinajstić information content (AvgIpc) is 3.33. The Bertz CT molecular complexity index is 1170. The molecule has 3 aliphatic heterocycles. The molecule has 3 unspecified atom stereocenters. The Kier molecular flexibility index (Phi) is 4.86. The highest BCUT2D eigenvalue weighted by Gasteiger charge is 2.58. The first-order valence-electron chi connectivity index (χ1n) is 10.4. The summed E-state index contributed by atoms with van der Waals surface area (Å²) in [6.07, 6.45) is -5.56. The van der Waals surface area contributed by atoms with Crippen molar-refractivity contribution in [2.75, 3.05) is 7.11 Å². The number of nitrogens with one attached hydrogen (secondary N) is 2. The standard InChI is InChI=1S/C23H21F3N4O3/c1-12-18(29-11-15-14(21(29)31)9-6-10-16(15)33-2)22(32)30-20(27-12)17(13-7-4-3-5-8-13)19(28-30)23(24,25)26/h3-10,17,19-20,27-28H,11H2,1-2H3. The van der Waals surface area contributed by atoms with Crippen LogP contribution in [-0.4, -0.2) is 47.2 Å². The van der Waals surface area contributed by atoms with Crippen LogP contribution in [0.25, 0.3) is 0 Å². The van der Waals surface area contributed by atoms with Gasteiger partial charge in [-0.1, -0.05) is 36.4 Å². The number of benzene rings is 2. The summed E-state index contributed by atoms with van der Waals surface area (Å²) in [6.45, 7) is 1.68. The first-order valence-corrected chi connectivity index (χ1v) is 10.4. The summed E-state index contributed by atoms with van der Waals surface area (Å²) < 4.78 is 47.2. The van der Waals surface area contributed by atoms with E-state index in [4.69, 9.17) is 4.74 Å². The van der Waals surface area contributed by atoms with Gasteiger partial charge in [0, 0.05) is 16.8 Å². The number of halogens is 3. The quantitative estimate of drug-likeness (QED) is 0.740. The summed E-state index contributed by atoms with van der Waals surface area (Å²) in [7, 11) is 1.49. The summed E-state index contributed by atoms with van der Waals surface area (Å²) in [5, 5.41) is 4.02. The Morgan fingerprint density at radius 3 is 2.42 bits per heavy atom. The van der Waals surface area contributed by atoms with Crippen LogP contribution in [0.4, 0.5) is 13.2 Å². The molecule has 0 aromatic heterocycles. The van der Waals surface area contributed by atoms with Gasteiger partial charge in [0.05, 0.1) is 19.6 Å². The third-order valence-electron chi connectivity index (χ3n) is 6.35. The Morgan fingerprint density at radius 2 is 1.76 bits per heavy atom. The molecule has 0 saturated carbocycles. The zero-order valence-electron chi connectivity index (χ0n) is 17.8. The molecule has 172 valence electrons. The van der Waals surface area contributed by atoms with Crippen LogP contribution in [-0.2, 0) is 11.3 Å². The highest BCUT2D eigenvalue weighted by molar-refractivity contribution is 6.06. The molecule has 0 bridgehead atoms. The summed E-state index contributed by atoms with van der Waals surface area (Å²) in [4.78, 5) is 27.9. The maximum atomic E-state index is 14.0. The van der Waals surface area contributed by atoms with Crippen molar-refractivity contribution in [1.82, 2.24) is 20.7 Å². The van der Waals surface area contributed by atoms with Gasteiger partial charge in [0.25, 0.3) is 11.8 Å². The molecule has 2 aromatic rings. The molecule has 7 nitrogen and oxygen atoms in total. The van der Waals surface area contributed by atoms with Crippen LogP contribution in [0.3, 0.4) is 0 Å². The molecule has 3 heterocycles. The van der Waals surface area contributed by atoms with Crippen molar-refractivity contribution >= 4 is 11.8 Å². The van der Waals surface area contributed by atoms with Gasteiger partial charge in [-0.05, 0) is 24.6 Å². The molecule has 0 spiro atoms. The van der Waals surface area contributed by atoms with E-state index in [1.165, 1.54) is 12.0 Å². The molecule has 5 rings (SSSR count). The number of ether oxygens (including phenoxy) is 1. The molecule has 2 aromatic carbocycles. The number of hydrogen-bond acceptors (Lipinski definition) is 5. The zero-order valence-corrected chi connectivity index (χ0v) is 17.8. The van der Waals surface area contributed by atoms with Crippen LogP contribution in [0.2, 0.25) is 0 Å². The molecule has 0 aliphatic carbocycles. The van der Waals surface area contributed by atoms with Crippen molar-refractivity contribution in [3.8, 4) is 5.75 Å². The fourth-order valence-electron chi connectivity index (χ4n) is 4.88. The second-order valence-corrected chi connectivity index (χ2v) is 8.20. The number of alkyl halides is 3. The molecule has 2 amide bonds. The van der Waals surface area contributed by atoms with Crippen LogP contribution in [0.1, 0.15) is 34.3 Å². The van der Waals surface area contributed by atoms with Crippen molar-refractivity contribution in [3.05, 3.63) is 76.6 Å². The predicted octanol–water partition coefficient (Wildman–Crippen LogP) is 2.87. The molecular formula is C23H21F3N4O3. The number of nitrogens with zero attached hydrogens (tertiary/aromatic N) is 2. The highest BCUT2D eigenvalue weighted by atomic mass is 19.4. The largest absolute Gasteiger partial charge is 0.496 e. The van der Waals surface area contributed by atoms with Gasteiger partial charge in [-0.3, -0.25) is 14.5 Å². The maximum absolute atomic E-state index is 14.0. The van der Waals surface area contributed by atoms with E-state index in [-0.39, 0.29) is 12.2 Å². The van der Waals surface area contributed by atoms with Crippen molar-refractivity contribution in [1.29, 1.82) is 0 Å². The second kappa shape index (κ2) is 7.51. The van der Waals surface area contributed by atoms with E-state index in [1.54, 1.807) is 55.5 Å². The minimum Gasteiger partial charge on any atom is -0.496 e. The van der Waals surface area contributed by atoms with Gasteiger partial charge in [-0.15, -0.1) is 0 Å². The van der Waals surface area contributed by atoms with Gasteiger partial charge >= 0.3 is 6.18 Å². The Labute approximate surface area is 187 Å². The van der Waals surface area contributed by atoms with Crippen LogP contribution in [0.15, 0.2) is 59.9 Å². The lowest BCUT2D eigenvalue weighted by Crippen LogP contribution is -2.57. The minimum atomic E-state index is -4.60. The van der Waals surface area contributed by atoms with Gasteiger partial charge in [-0.2, -0.15) is 13.2 Å². The fraction of sp³-hybridized carbons (Fsp3) is 0.304. The Morgan fingerprint density at radius 1 is 1.03 bits per heavy atom. The number of hydrogen-bond donors (Lipinski definition) is 2. The summed E-state index contributed by atoms with van der Waals surface area (Å²) in [6, 6.07) is 11.3. The lowest BCUT2D eigenvalue weighted by molar-refractivity contribution is -0.161. The molecule has 33 heavy (non-hydrogen) atoms. The molecule has 10 heteroatoms. The van der Waals surface area contributed by atoms with E-state index in [2.05, 4.69) is 10.7 Å². The maximum Gasteiger partial charge on any atom is 0.406 e. The molecular weight excluding hydrogens is 437 g/mol. The Hall–Kier alpha value is -3.53. The Balaban J connectivity index is 1.53. The average molecular weight is 458 g/mol. The third-order valence-corrected chi connectivity index (χ3v) is 6.35. The van der Waals surface area contributed by atoms with Crippen molar-refractivity contribution < 1.29 is 27.5 Å². The second-order valence-electron chi connectivity index (χ2n) is 8.20. The zero-order chi connectivity index (χ0) is 23.5. The van der Waals surface area contributed by atoms with Crippen molar-refractivity contribution in [3.63, 3.8) is 0 Å². The first-order chi connectivity index (χ1) is 15.7. The van der Waals surface area contributed by atoms with Crippen molar-refractivity contribution in [2.24, 2.45) is 0 Å². The number of fused-ring (bicyclic) bond motifs is 2. The predicted molar refractivity (Wildman–Crippen MR) is 111 cm³/mol. The number of carbonyl (C=O) groups is 2. The molecule has 3 aliphatic rings. The SMILES string of the molecule is COc1cccc2c1CN(C1=C(C)NC3C(c4ccccc4)C(C(F)(F)F)NN3C1=O)C2=O. The number of carbonyl (C=O) groups excluding carboxylic acids is 2. The minimum absolute atomic E-state index is 0.0108. The van der Waals surface area contributed by atoms with E-state index < -0.39 is 36.1 Å². The van der Waals surface area contributed by atoms with E-state index in [0.717, 1.165) is 5.01 Å². The lowest BCUT2D eigenvalue weighted by atomic mass is 9.89. The molecule has 1 fully saturated rings. The van der Waals surface area contributed by atoms with Crippen LogP contribution < -0.4 is 15.5 Å². The van der Waals surface area contributed by atoms with Gasteiger partial charge in [0.1, 0.15) is 23.7 Å². The summed E-state index contributed by atoms with van der Waals surface area (Å²) in [5.41, 5.74) is 4.19. The molecule has 2 N–H and O–H groups in total. The van der Waals surface area contributed by atoms with Gasteiger partial charge in [0.2, 0.25) is 0 Å². The smallest absolute Gasteiger partial charge is 0.406 e. The van der Waals surface area contributed by atoms with E-state index in [1.807, 2.05) is 0 Å². The van der Waals surface area contributed by atoms with Gasteiger partial charge < -0.3 is 10.1 Å². The number of allylic oxidation sites excluding steroid dienone is 1. The normalized spacial score (nSPS) is 24.7. The molecule has 3 atom stereocenters. The highest BCUT2D eigenvalue weighted by Crippen LogP contribution is 2.42. The fourth-order valence-corrected chi connectivity index (χ4v) is 4.88. The van der Waals surface area contributed by atoms with Crippen LogP contribution >= 0.6 is 0 Å². The van der Waals surface area contributed by atoms with E-state index >= 15 is 0 Å². The number of rotatable bonds is 3. The number of methoxy groups -OCH3 is 1. The molecule has 1 saturated heterocycles. The van der Waals surface area contributed by atoms with Crippen LogP contribution in [0.5, 0.6) is 5.75 Å². The summed E-state index contributed by atoms with van der Waals surface area (Å²) in [5.74, 6) is -1.66.